The number of hydrogen-bond acceptors (Lipinski definition) is 9. The van der Waals surface area contributed by atoms with Crippen LogP contribution in [0.15, 0.2) is 103 Å². The fraction of sp³-hybridized carbons (Fsp3) is 0.273. The van der Waals surface area contributed by atoms with Crippen molar-refractivity contribution in [3.8, 4) is 22.9 Å². The van der Waals surface area contributed by atoms with E-state index in [1.807, 2.05) is 73.7 Å². The molecule has 0 bridgehead atoms. The monoisotopic (exact) mass is 894 g/mol. The van der Waals surface area contributed by atoms with Gasteiger partial charge in [-0.25, -0.2) is 14.5 Å². The second-order valence-electron chi connectivity index (χ2n) is 14.0. The van der Waals surface area contributed by atoms with Crippen LogP contribution in [0.3, 0.4) is 0 Å². The Morgan fingerprint density at radius 2 is 1.71 bits per heavy atom. The third-order valence-electron chi connectivity index (χ3n) is 9.70. The molecular formula is C44H47IN8O5. The zero-order valence-electron chi connectivity index (χ0n) is 32.8. The number of aromatic nitrogens is 3. The molecule has 1 saturated heterocycles. The molecule has 1 fully saturated rings. The zero-order valence-corrected chi connectivity index (χ0v) is 34.9. The van der Waals surface area contributed by atoms with E-state index in [9.17, 15) is 9.59 Å². The minimum Gasteiger partial charge on any atom is -0.497 e. The number of nitrogens with one attached hydrogen (secondary N) is 4. The molecule has 3 heterocycles. The van der Waals surface area contributed by atoms with Crippen LogP contribution >= 0.6 is 22.6 Å². The Labute approximate surface area is 351 Å². The molecule has 0 saturated carbocycles. The highest BCUT2D eigenvalue weighted by molar-refractivity contribution is 14.1. The highest BCUT2D eigenvalue weighted by Gasteiger charge is 2.19. The van der Waals surface area contributed by atoms with E-state index < -0.39 is 6.03 Å². The number of pyridine rings is 1. The Kier molecular flexibility index (Phi) is 13.4. The highest BCUT2D eigenvalue weighted by atomic mass is 127. The van der Waals surface area contributed by atoms with Crippen LogP contribution < -0.4 is 30.7 Å². The van der Waals surface area contributed by atoms with E-state index in [0.717, 1.165) is 60.2 Å². The zero-order chi connectivity index (χ0) is 40.4. The largest absolute Gasteiger partial charge is 0.497 e. The number of fused-ring (bicyclic) bond motifs is 1. The molecule has 4 N–H and O–H groups in total. The number of amides is 3. The molecule has 1 aliphatic heterocycles. The van der Waals surface area contributed by atoms with E-state index in [1.165, 1.54) is 0 Å². The number of methoxy groups -OCH3 is 1. The number of anilines is 4. The van der Waals surface area contributed by atoms with Gasteiger partial charge in [-0.2, -0.15) is 5.10 Å². The lowest BCUT2D eigenvalue weighted by Gasteiger charge is -2.26. The van der Waals surface area contributed by atoms with Crippen molar-refractivity contribution < 1.29 is 23.8 Å². The summed E-state index contributed by atoms with van der Waals surface area (Å²) >= 11 is 2.41. The van der Waals surface area contributed by atoms with Crippen molar-refractivity contribution in [3.63, 3.8) is 0 Å². The van der Waals surface area contributed by atoms with E-state index >= 15 is 0 Å². The number of rotatable bonds is 15. The van der Waals surface area contributed by atoms with Crippen molar-refractivity contribution in [3.05, 3.63) is 120 Å². The van der Waals surface area contributed by atoms with E-state index in [-0.39, 0.29) is 9.83 Å². The molecule has 0 spiro atoms. The average molecular weight is 895 g/mol. The van der Waals surface area contributed by atoms with Crippen LogP contribution in [0, 0.1) is 6.92 Å². The molecule has 14 heteroatoms. The third kappa shape index (κ3) is 10.2. The molecule has 0 aliphatic carbocycles. The molecule has 1 aliphatic rings. The molecule has 58 heavy (non-hydrogen) atoms. The molecule has 7 rings (SSSR count). The molecule has 0 radical (unpaired) electrons. The molecule has 13 nitrogen and oxygen atoms in total. The van der Waals surface area contributed by atoms with Crippen molar-refractivity contribution in [2.75, 3.05) is 62.5 Å². The van der Waals surface area contributed by atoms with Gasteiger partial charge < -0.3 is 30.2 Å². The van der Waals surface area contributed by atoms with Gasteiger partial charge in [0.15, 0.2) is 0 Å². The molecule has 2 aromatic heterocycles. The van der Waals surface area contributed by atoms with Gasteiger partial charge in [0.2, 0.25) is 0 Å². The topological polar surface area (TPSA) is 144 Å². The van der Waals surface area contributed by atoms with Gasteiger partial charge in [-0.3, -0.25) is 15.0 Å². The quantitative estimate of drug-likeness (QED) is 0.0586. The summed E-state index contributed by atoms with van der Waals surface area (Å²) in [6, 6.07) is 29.8. The Hall–Kier alpha value is -5.71. The summed E-state index contributed by atoms with van der Waals surface area (Å²) in [6.45, 7) is 8.62. The molecule has 6 aromatic rings. The SMILES string of the molecule is CCCC(I)c1cc(NC(=O)Nc2ccc(Oc3ccnc(Nc4cc(OC)cc(C(=O)NCCN5CCOCC5)c4)c3)c3ccccc23)n(-c2ccc(C)cc2)n1. The molecule has 300 valence electrons. The molecular weight excluding hydrogens is 847 g/mol. The number of carbonyl (C=O) groups excluding carboxylic acids is 2. The number of alkyl halides is 1. The van der Waals surface area contributed by atoms with Gasteiger partial charge in [-0.1, -0.05) is 77.9 Å². The Morgan fingerprint density at radius 1 is 0.914 bits per heavy atom. The Balaban J connectivity index is 1.04. The summed E-state index contributed by atoms with van der Waals surface area (Å²) in [6.07, 6.45) is 3.66. The molecule has 4 aromatic carbocycles. The smallest absolute Gasteiger partial charge is 0.324 e. The van der Waals surface area contributed by atoms with Crippen molar-refractivity contribution >= 4 is 68.3 Å². The van der Waals surface area contributed by atoms with Crippen LogP contribution in [0.25, 0.3) is 16.5 Å². The molecule has 1 atom stereocenters. The number of hydrogen-bond donors (Lipinski definition) is 4. The number of nitrogens with zero attached hydrogens (tertiary/aromatic N) is 4. The maximum atomic E-state index is 13.6. The minimum atomic E-state index is -0.393. The summed E-state index contributed by atoms with van der Waals surface area (Å²) in [4.78, 5) is 33.5. The second kappa shape index (κ2) is 19.2. The van der Waals surface area contributed by atoms with Crippen molar-refractivity contribution in [1.29, 1.82) is 0 Å². The highest BCUT2D eigenvalue weighted by Crippen LogP contribution is 2.36. The van der Waals surface area contributed by atoms with E-state index in [0.29, 0.717) is 65.6 Å². The van der Waals surface area contributed by atoms with Crippen LogP contribution in [0.5, 0.6) is 17.2 Å². The Bertz CT molecular complexity index is 2360. The fourth-order valence-corrected chi connectivity index (χ4v) is 7.58. The van der Waals surface area contributed by atoms with Gasteiger partial charge in [0, 0.05) is 72.6 Å². The summed E-state index contributed by atoms with van der Waals surface area (Å²) in [7, 11) is 1.57. The first-order chi connectivity index (χ1) is 28.3. The van der Waals surface area contributed by atoms with E-state index in [2.05, 4.69) is 60.7 Å². The fourth-order valence-electron chi connectivity index (χ4n) is 6.66. The lowest BCUT2D eigenvalue weighted by Crippen LogP contribution is -2.41. The maximum Gasteiger partial charge on any atom is 0.324 e. The number of halogens is 1. The number of urea groups is 1. The van der Waals surface area contributed by atoms with E-state index in [1.54, 1.807) is 48.3 Å². The van der Waals surface area contributed by atoms with Crippen LogP contribution in [0.1, 0.15) is 45.3 Å². The first kappa shape index (κ1) is 40.5. The van der Waals surface area contributed by atoms with Crippen molar-refractivity contribution in [1.82, 2.24) is 25.0 Å². The lowest BCUT2D eigenvalue weighted by atomic mass is 10.1. The van der Waals surface area contributed by atoms with Crippen molar-refractivity contribution in [2.45, 2.75) is 30.6 Å². The van der Waals surface area contributed by atoms with Crippen molar-refractivity contribution in [2.24, 2.45) is 0 Å². The number of carbonyl (C=O) groups is 2. The van der Waals surface area contributed by atoms with E-state index in [4.69, 9.17) is 19.3 Å². The first-order valence-electron chi connectivity index (χ1n) is 19.4. The number of aryl methyl sites for hydroxylation is 1. The summed E-state index contributed by atoms with van der Waals surface area (Å²) < 4.78 is 19.3. The number of morpholine rings is 1. The van der Waals surface area contributed by atoms with Crippen LogP contribution in [-0.4, -0.2) is 78.1 Å². The van der Waals surface area contributed by atoms with Gasteiger partial charge in [0.25, 0.3) is 5.91 Å². The average Bonchev–Trinajstić information content (AvgIpc) is 3.66. The first-order valence-corrected chi connectivity index (χ1v) is 20.6. The number of benzene rings is 4. The predicted octanol–water partition coefficient (Wildman–Crippen LogP) is 9.26. The van der Waals surface area contributed by atoms with Gasteiger partial charge in [0.1, 0.15) is 28.9 Å². The minimum absolute atomic E-state index is 0.192. The van der Waals surface area contributed by atoms with Gasteiger partial charge in [-0.05, 0) is 55.8 Å². The predicted molar refractivity (Wildman–Crippen MR) is 237 cm³/mol. The van der Waals surface area contributed by atoms with Crippen LogP contribution in [0.4, 0.5) is 27.8 Å². The molecule has 3 amide bonds. The lowest BCUT2D eigenvalue weighted by molar-refractivity contribution is 0.0383. The Morgan fingerprint density at radius 3 is 2.48 bits per heavy atom. The van der Waals surface area contributed by atoms with Gasteiger partial charge >= 0.3 is 6.03 Å². The summed E-state index contributed by atoms with van der Waals surface area (Å²) in [5.74, 6) is 2.58. The normalized spacial score (nSPS) is 13.4. The third-order valence-corrected chi connectivity index (χ3v) is 11.0. The molecule has 1 unspecified atom stereocenters. The standard InChI is InChI=1S/C44H47IN8O5/c1-4-7-37(45)39-28-42(53(51-39)32-12-10-29(2)11-13-32)50-44(55)49-38-14-15-40(36-9-6-5-8-35(36)38)58-33-16-17-46-41(27-33)48-31-24-30(25-34(26-31)56-3)43(54)47-18-19-52-20-22-57-23-21-52/h5-6,8-17,24-28,37H,4,7,18-23H2,1-3H3,(H,46,48)(H,47,54)(H2,49,50,55). The van der Waals surface area contributed by atoms with Gasteiger partial charge in [-0.15, -0.1) is 0 Å². The van der Waals surface area contributed by atoms with Crippen LogP contribution in [0.2, 0.25) is 0 Å². The summed E-state index contributed by atoms with van der Waals surface area (Å²) in [5.41, 5.74) is 4.63. The summed E-state index contributed by atoms with van der Waals surface area (Å²) in [5, 5.41) is 18.9. The van der Waals surface area contributed by atoms with Gasteiger partial charge in [0.05, 0.1) is 41.3 Å². The maximum absolute atomic E-state index is 13.6. The number of ether oxygens (including phenoxy) is 3. The van der Waals surface area contributed by atoms with Crippen LogP contribution in [-0.2, 0) is 4.74 Å². The second-order valence-corrected chi connectivity index (χ2v) is 15.5.